The molecule has 0 saturated carbocycles. The number of piperidine rings is 1. The largest absolute Gasteiger partial charge is 0.439 e. The molecule has 0 radical (unpaired) electrons. The normalized spacial score (nSPS) is 18.4. The lowest BCUT2D eigenvalue weighted by Gasteiger charge is -2.33. The van der Waals surface area contributed by atoms with Crippen molar-refractivity contribution in [3.05, 3.63) is 59.5 Å². The second-order valence-electron chi connectivity index (χ2n) is 9.09. The Morgan fingerprint density at radius 1 is 0.971 bits per heavy atom. The third-order valence-electron chi connectivity index (χ3n) is 6.72. The van der Waals surface area contributed by atoms with Crippen LogP contribution < -0.4 is 0 Å². The van der Waals surface area contributed by atoms with Crippen LogP contribution in [0.25, 0.3) is 11.1 Å². The van der Waals surface area contributed by atoms with Gasteiger partial charge in [0.15, 0.2) is 5.58 Å². The summed E-state index contributed by atoms with van der Waals surface area (Å²) in [5.41, 5.74) is 2.74. The molecule has 8 nitrogen and oxygen atoms in total. The van der Waals surface area contributed by atoms with Crippen molar-refractivity contribution in [1.82, 2.24) is 19.1 Å². The van der Waals surface area contributed by atoms with E-state index >= 15 is 0 Å². The summed E-state index contributed by atoms with van der Waals surface area (Å²) >= 11 is 0. The lowest BCUT2D eigenvalue weighted by Crippen LogP contribution is -2.48. The van der Waals surface area contributed by atoms with Gasteiger partial charge in [0, 0.05) is 44.8 Å². The van der Waals surface area contributed by atoms with Crippen LogP contribution in [0.4, 0.5) is 0 Å². The van der Waals surface area contributed by atoms with Crippen molar-refractivity contribution < 1.29 is 17.6 Å². The highest BCUT2D eigenvalue weighted by atomic mass is 32.2. The van der Waals surface area contributed by atoms with Crippen molar-refractivity contribution in [2.24, 2.45) is 0 Å². The maximum Gasteiger partial charge on any atom is 0.253 e. The maximum atomic E-state index is 13.0. The monoisotopic (exact) mass is 482 g/mol. The molecule has 9 heteroatoms. The fourth-order valence-corrected chi connectivity index (χ4v) is 6.41. The van der Waals surface area contributed by atoms with Crippen LogP contribution in [0.3, 0.4) is 0 Å². The lowest BCUT2D eigenvalue weighted by molar-refractivity contribution is 0.0724. The van der Waals surface area contributed by atoms with E-state index in [0.29, 0.717) is 60.2 Å². The van der Waals surface area contributed by atoms with E-state index in [-0.39, 0.29) is 5.91 Å². The smallest absolute Gasteiger partial charge is 0.253 e. The number of nitrogens with zero attached hydrogens (tertiary/aromatic N) is 4. The van der Waals surface area contributed by atoms with E-state index in [1.807, 2.05) is 42.2 Å². The Morgan fingerprint density at radius 3 is 2.44 bits per heavy atom. The van der Waals surface area contributed by atoms with Gasteiger partial charge in [0.05, 0.1) is 11.4 Å². The molecule has 3 heterocycles. The second kappa shape index (κ2) is 9.48. The van der Waals surface area contributed by atoms with Gasteiger partial charge in [-0.15, -0.1) is 0 Å². The predicted octanol–water partition coefficient (Wildman–Crippen LogP) is 3.27. The molecule has 2 fully saturated rings. The van der Waals surface area contributed by atoms with Crippen molar-refractivity contribution in [2.75, 3.05) is 39.3 Å². The molecule has 2 aliphatic rings. The van der Waals surface area contributed by atoms with E-state index in [4.69, 9.17) is 4.42 Å². The van der Waals surface area contributed by atoms with Crippen LogP contribution in [-0.4, -0.2) is 72.7 Å². The standard InChI is InChI=1S/C25H30N4O4S/c1-19-7-3-4-8-23(19)34(31,32)29-15-13-27(14-16-29)18-24-26-21-17-20(9-10-22(21)33-24)25(30)28-11-5-2-6-12-28/h3-4,7-10,17H,2,5-6,11-16,18H2,1H3. The van der Waals surface area contributed by atoms with Gasteiger partial charge in [0.2, 0.25) is 15.9 Å². The first kappa shape index (κ1) is 23.0. The van der Waals surface area contributed by atoms with Crippen LogP contribution in [0.15, 0.2) is 51.8 Å². The summed E-state index contributed by atoms with van der Waals surface area (Å²) in [4.78, 5) is 21.9. The fourth-order valence-electron chi connectivity index (χ4n) is 4.76. The second-order valence-corrected chi connectivity index (χ2v) is 11.0. The van der Waals surface area contributed by atoms with E-state index in [1.165, 1.54) is 6.42 Å². The minimum absolute atomic E-state index is 0.0529. The zero-order valence-electron chi connectivity index (χ0n) is 19.4. The molecule has 2 aromatic carbocycles. The summed E-state index contributed by atoms with van der Waals surface area (Å²) < 4.78 is 33.5. The molecule has 180 valence electrons. The Kier molecular flexibility index (Phi) is 6.42. The van der Waals surface area contributed by atoms with Crippen molar-refractivity contribution >= 4 is 27.0 Å². The summed E-state index contributed by atoms with van der Waals surface area (Å²) in [6.07, 6.45) is 3.30. The quantitative estimate of drug-likeness (QED) is 0.555. The number of piperazine rings is 1. The molecule has 0 aliphatic carbocycles. The van der Waals surface area contributed by atoms with Gasteiger partial charge in [0.1, 0.15) is 5.52 Å². The average Bonchev–Trinajstić information content (AvgIpc) is 3.26. The number of carbonyl (C=O) groups is 1. The van der Waals surface area contributed by atoms with Gasteiger partial charge in [-0.3, -0.25) is 9.69 Å². The molecule has 5 rings (SSSR count). The van der Waals surface area contributed by atoms with Crippen LogP contribution >= 0.6 is 0 Å². The minimum atomic E-state index is -3.50. The average molecular weight is 483 g/mol. The highest BCUT2D eigenvalue weighted by Gasteiger charge is 2.30. The molecule has 3 aromatic rings. The molecule has 1 amide bonds. The molecule has 0 bridgehead atoms. The van der Waals surface area contributed by atoms with Gasteiger partial charge in [-0.1, -0.05) is 18.2 Å². The van der Waals surface area contributed by atoms with Crippen LogP contribution in [0.1, 0.15) is 41.1 Å². The highest BCUT2D eigenvalue weighted by molar-refractivity contribution is 7.89. The molecule has 2 saturated heterocycles. The van der Waals surface area contributed by atoms with Crippen LogP contribution in [0.2, 0.25) is 0 Å². The Bertz CT molecular complexity index is 1290. The van der Waals surface area contributed by atoms with Crippen LogP contribution in [0.5, 0.6) is 0 Å². The lowest BCUT2D eigenvalue weighted by atomic mass is 10.1. The zero-order valence-corrected chi connectivity index (χ0v) is 20.3. The van der Waals surface area contributed by atoms with Crippen molar-refractivity contribution in [1.29, 1.82) is 0 Å². The SMILES string of the molecule is Cc1ccccc1S(=O)(=O)N1CCN(Cc2nc3cc(C(=O)N4CCCCC4)ccc3o2)CC1. The third kappa shape index (κ3) is 4.60. The van der Waals surface area contributed by atoms with E-state index in [2.05, 4.69) is 9.88 Å². The molecule has 0 unspecified atom stereocenters. The van der Waals surface area contributed by atoms with Gasteiger partial charge in [0.25, 0.3) is 5.91 Å². The molecule has 2 aliphatic heterocycles. The van der Waals surface area contributed by atoms with E-state index in [9.17, 15) is 13.2 Å². The molecule has 0 atom stereocenters. The number of aryl methyl sites for hydroxylation is 1. The first-order valence-corrected chi connectivity index (χ1v) is 13.3. The minimum Gasteiger partial charge on any atom is -0.439 e. The Balaban J connectivity index is 1.23. The van der Waals surface area contributed by atoms with Crippen molar-refractivity contribution in [2.45, 2.75) is 37.6 Å². The number of hydrogen-bond acceptors (Lipinski definition) is 6. The number of amides is 1. The van der Waals surface area contributed by atoms with Crippen molar-refractivity contribution in [3.63, 3.8) is 0 Å². The Labute approximate surface area is 200 Å². The molecular weight excluding hydrogens is 452 g/mol. The van der Waals surface area contributed by atoms with Crippen LogP contribution in [0, 0.1) is 6.92 Å². The third-order valence-corrected chi connectivity index (χ3v) is 8.78. The zero-order chi connectivity index (χ0) is 23.7. The first-order valence-electron chi connectivity index (χ1n) is 11.9. The Hall–Kier alpha value is -2.75. The highest BCUT2D eigenvalue weighted by Crippen LogP contribution is 2.23. The predicted molar refractivity (Wildman–Crippen MR) is 129 cm³/mol. The summed E-state index contributed by atoms with van der Waals surface area (Å²) in [6, 6.07) is 12.5. The number of oxazole rings is 1. The number of carbonyl (C=O) groups excluding carboxylic acids is 1. The van der Waals surface area contributed by atoms with E-state index in [0.717, 1.165) is 31.5 Å². The van der Waals surface area contributed by atoms with Gasteiger partial charge in [-0.05, 0) is 56.0 Å². The van der Waals surface area contributed by atoms with E-state index < -0.39 is 10.0 Å². The van der Waals surface area contributed by atoms with Gasteiger partial charge >= 0.3 is 0 Å². The van der Waals surface area contributed by atoms with E-state index in [1.54, 1.807) is 16.4 Å². The molecule has 34 heavy (non-hydrogen) atoms. The number of aromatic nitrogens is 1. The summed E-state index contributed by atoms with van der Waals surface area (Å²) in [5.74, 6) is 0.630. The van der Waals surface area contributed by atoms with Gasteiger partial charge in [-0.25, -0.2) is 13.4 Å². The number of sulfonamides is 1. The molecule has 0 spiro atoms. The van der Waals surface area contributed by atoms with Gasteiger partial charge in [-0.2, -0.15) is 4.31 Å². The molecule has 0 N–H and O–H groups in total. The summed E-state index contributed by atoms with van der Waals surface area (Å²) in [6.45, 7) is 5.99. The molecule has 1 aromatic heterocycles. The Morgan fingerprint density at radius 2 is 1.71 bits per heavy atom. The number of hydrogen-bond donors (Lipinski definition) is 0. The summed E-state index contributed by atoms with van der Waals surface area (Å²) in [7, 11) is -3.50. The fraction of sp³-hybridized carbons (Fsp3) is 0.440. The number of likely N-dealkylation sites (tertiary alicyclic amines) is 1. The molecular formula is C25H30N4O4S. The topological polar surface area (TPSA) is 87.0 Å². The number of fused-ring (bicyclic) bond motifs is 1. The number of rotatable bonds is 5. The number of benzene rings is 2. The van der Waals surface area contributed by atoms with Crippen LogP contribution in [-0.2, 0) is 16.6 Å². The van der Waals surface area contributed by atoms with Crippen molar-refractivity contribution in [3.8, 4) is 0 Å². The summed E-state index contributed by atoms with van der Waals surface area (Å²) in [5, 5.41) is 0. The maximum absolute atomic E-state index is 13.0. The van der Waals surface area contributed by atoms with Gasteiger partial charge < -0.3 is 9.32 Å². The first-order chi connectivity index (χ1) is 16.4.